The van der Waals surface area contributed by atoms with E-state index in [-0.39, 0.29) is 5.56 Å². The first kappa shape index (κ1) is 15.8. The fraction of sp³-hybridized carbons (Fsp3) is 0.389. The lowest BCUT2D eigenvalue weighted by Gasteiger charge is -2.31. The van der Waals surface area contributed by atoms with E-state index in [1.807, 2.05) is 30.3 Å². The van der Waals surface area contributed by atoms with E-state index in [1.54, 1.807) is 10.9 Å². The minimum absolute atomic E-state index is 0.166. The van der Waals surface area contributed by atoms with Crippen molar-refractivity contribution in [2.24, 2.45) is 0 Å². The molecule has 3 aromatic rings. The first-order chi connectivity index (χ1) is 12.2. The molecule has 0 bridgehead atoms. The van der Waals surface area contributed by atoms with Crippen LogP contribution in [0.2, 0.25) is 0 Å². The van der Waals surface area contributed by atoms with Crippen LogP contribution in [-0.4, -0.2) is 50.3 Å². The molecule has 130 valence electrons. The molecule has 2 aromatic heterocycles. The van der Waals surface area contributed by atoms with E-state index >= 15 is 0 Å². The summed E-state index contributed by atoms with van der Waals surface area (Å²) in [6.07, 6.45) is 3.67. The Kier molecular flexibility index (Phi) is 4.23. The summed E-state index contributed by atoms with van der Waals surface area (Å²) in [5, 5.41) is 8.22. The molecule has 0 aliphatic carbocycles. The van der Waals surface area contributed by atoms with Gasteiger partial charge in [0.25, 0.3) is 5.56 Å². The zero-order valence-electron chi connectivity index (χ0n) is 14.3. The number of hydrogen-bond donors (Lipinski definition) is 2. The first-order valence-electron chi connectivity index (χ1n) is 8.77. The Morgan fingerprint density at radius 3 is 2.72 bits per heavy atom. The van der Waals surface area contributed by atoms with E-state index in [0.717, 1.165) is 38.2 Å². The molecule has 1 aliphatic rings. The molecule has 1 aliphatic heterocycles. The van der Waals surface area contributed by atoms with Gasteiger partial charge >= 0.3 is 0 Å². The predicted octanol–water partition coefficient (Wildman–Crippen LogP) is 2.00. The number of H-pyrrole nitrogens is 1. The van der Waals surface area contributed by atoms with E-state index in [9.17, 15) is 4.79 Å². The number of rotatable bonds is 4. The summed E-state index contributed by atoms with van der Waals surface area (Å²) in [6.45, 7) is 5.42. The number of nitrogens with one attached hydrogen (secondary N) is 2. The zero-order valence-corrected chi connectivity index (χ0v) is 14.3. The molecule has 3 heterocycles. The van der Waals surface area contributed by atoms with Gasteiger partial charge in [-0.2, -0.15) is 10.1 Å². The molecule has 0 unspecified atom stereocenters. The van der Waals surface area contributed by atoms with Crippen LogP contribution >= 0.6 is 0 Å². The lowest BCUT2D eigenvalue weighted by Crippen LogP contribution is -2.39. The van der Waals surface area contributed by atoms with Crippen LogP contribution in [0.5, 0.6) is 0 Å². The summed E-state index contributed by atoms with van der Waals surface area (Å²) in [4.78, 5) is 22.3. The van der Waals surface area contributed by atoms with E-state index in [4.69, 9.17) is 0 Å². The molecule has 0 spiro atoms. The van der Waals surface area contributed by atoms with Gasteiger partial charge in [0.05, 0.1) is 11.9 Å². The van der Waals surface area contributed by atoms with Crippen molar-refractivity contribution < 1.29 is 0 Å². The van der Waals surface area contributed by atoms with Crippen LogP contribution in [0.1, 0.15) is 19.8 Å². The molecule has 7 nitrogen and oxygen atoms in total. The van der Waals surface area contributed by atoms with Crippen LogP contribution in [-0.2, 0) is 0 Å². The molecule has 0 amide bonds. The lowest BCUT2D eigenvalue weighted by atomic mass is 10.1. The average Bonchev–Trinajstić information content (AvgIpc) is 3.07. The second-order valence-electron chi connectivity index (χ2n) is 6.40. The van der Waals surface area contributed by atoms with E-state index in [2.05, 4.69) is 32.2 Å². The summed E-state index contributed by atoms with van der Waals surface area (Å²) in [6, 6.07) is 10.1. The van der Waals surface area contributed by atoms with Crippen molar-refractivity contribution in [3.05, 3.63) is 46.9 Å². The first-order valence-corrected chi connectivity index (χ1v) is 8.77. The third kappa shape index (κ3) is 3.15. The number of likely N-dealkylation sites (tertiary alicyclic amines) is 1. The Hall–Kier alpha value is -2.67. The highest BCUT2D eigenvalue weighted by molar-refractivity contribution is 5.76. The Balaban J connectivity index is 1.64. The minimum Gasteiger partial charge on any atom is -0.353 e. The molecule has 1 fully saturated rings. The normalized spacial score (nSPS) is 16.4. The van der Waals surface area contributed by atoms with Gasteiger partial charge in [0.15, 0.2) is 5.65 Å². The third-order valence-electron chi connectivity index (χ3n) is 4.81. The van der Waals surface area contributed by atoms with Gasteiger partial charge in [-0.15, -0.1) is 0 Å². The predicted molar refractivity (Wildman–Crippen MR) is 98.2 cm³/mol. The molecular weight excluding hydrogens is 316 g/mol. The number of aromatic nitrogens is 4. The summed E-state index contributed by atoms with van der Waals surface area (Å²) < 4.78 is 1.70. The van der Waals surface area contributed by atoms with Crippen molar-refractivity contribution >= 4 is 17.0 Å². The Morgan fingerprint density at radius 1 is 1.24 bits per heavy atom. The molecule has 0 radical (unpaired) electrons. The summed E-state index contributed by atoms with van der Waals surface area (Å²) in [7, 11) is 0. The van der Waals surface area contributed by atoms with Gasteiger partial charge in [0, 0.05) is 19.1 Å². The van der Waals surface area contributed by atoms with E-state index < -0.39 is 0 Å². The number of aromatic amines is 1. The quantitative estimate of drug-likeness (QED) is 0.761. The van der Waals surface area contributed by atoms with Crippen LogP contribution in [0.15, 0.2) is 41.3 Å². The molecule has 25 heavy (non-hydrogen) atoms. The second kappa shape index (κ2) is 6.68. The maximum Gasteiger partial charge on any atom is 0.263 e. The number of hydrogen-bond acceptors (Lipinski definition) is 5. The number of fused-ring (bicyclic) bond motifs is 1. The smallest absolute Gasteiger partial charge is 0.263 e. The van der Waals surface area contributed by atoms with Gasteiger partial charge in [0.2, 0.25) is 5.95 Å². The molecule has 1 saturated heterocycles. The van der Waals surface area contributed by atoms with Crippen LogP contribution < -0.4 is 10.9 Å². The third-order valence-corrected chi connectivity index (χ3v) is 4.81. The van der Waals surface area contributed by atoms with Gasteiger partial charge in [-0.05, 0) is 31.5 Å². The fourth-order valence-electron chi connectivity index (χ4n) is 3.33. The summed E-state index contributed by atoms with van der Waals surface area (Å²) in [5.74, 6) is 0.519. The molecule has 1 aromatic carbocycles. The lowest BCUT2D eigenvalue weighted by molar-refractivity contribution is 0.229. The van der Waals surface area contributed by atoms with Crippen molar-refractivity contribution in [1.29, 1.82) is 0 Å². The number of benzene rings is 1. The summed E-state index contributed by atoms with van der Waals surface area (Å²) in [5.41, 5.74) is 1.29. The highest BCUT2D eigenvalue weighted by Gasteiger charge is 2.19. The Morgan fingerprint density at radius 2 is 2.00 bits per heavy atom. The maximum absolute atomic E-state index is 12.4. The monoisotopic (exact) mass is 338 g/mol. The molecule has 0 saturated carbocycles. The van der Waals surface area contributed by atoms with Gasteiger partial charge in [-0.1, -0.05) is 25.1 Å². The van der Waals surface area contributed by atoms with Crippen LogP contribution in [0.4, 0.5) is 5.95 Å². The van der Waals surface area contributed by atoms with Crippen molar-refractivity contribution in [3.8, 4) is 5.69 Å². The molecule has 7 heteroatoms. The minimum atomic E-state index is -0.166. The number of anilines is 1. The second-order valence-corrected chi connectivity index (χ2v) is 6.40. The van der Waals surface area contributed by atoms with Crippen LogP contribution in [0, 0.1) is 0 Å². The largest absolute Gasteiger partial charge is 0.353 e. The Bertz CT molecular complexity index is 908. The van der Waals surface area contributed by atoms with Gasteiger partial charge in [-0.25, -0.2) is 4.68 Å². The number of nitrogens with zero attached hydrogens (tertiary/aromatic N) is 4. The van der Waals surface area contributed by atoms with Crippen molar-refractivity contribution in [1.82, 2.24) is 24.6 Å². The van der Waals surface area contributed by atoms with Gasteiger partial charge in [0.1, 0.15) is 5.39 Å². The summed E-state index contributed by atoms with van der Waals surface area (Å²) >= 11 is 0. The molecule has 4 rings (SSSR count). The Labute approximate surface area is 145 Å². The van der Waals surface area contributed by atoms with Gasteiger partial charge < -0.3 is 10.2 Å². The van der Waals surface area contributed by atoms with E-state index in [1.165, 1.54) is 0 Å². The topological polar surface area (TPSA) is 78.8 Å². The van der Waals surface area contributed by atoms with Crippen molar-refractivity contribution in [3.63, 3.8) is 0 Å². The molecular formula is C18H22N6O. The average molecular weight is 338 g/mol. The highest BCUT2D eigenvalue weighted by Crippen LogP contribution is 2.17. The maximum atomic E-state index is 12.4. The SMILES string of the molecule is CCN1CCC(Nc2nc3c(cnn3-c3ccccc3)c(=O)[nH]2)CC1. The molecule has 2 N–H and O–H groups in total. The van der Waals surface area contributed by atoms with Gasteiger partial charge in [-0.3, -0.25) is 9.78 Å². The number of piperidine rings is 1. The highest BCUT2D eigenvalue weighted by atomic mass is 16.1. The standard InChI is InChI=1S/C18H22N6O/c1-2-23-10-8-13(9-11-23)20-18-21-16-15(17(25)22-18)12-19-24(16)14-6-4-3-5-7-14/h3-7,12-13H,2,8-11H2,1H3,(H2,20,21,22,25). The zero-order chi connectivity index (χ0) is 17.2. The fourth-order valence-corrected chi connectivity index (χ4v) is 3.33. The van der Waals surface area contributed by atoms with Crippen LogP contribution in [0.3, 0.4) is 0 Å². The van der Waals surface area contributed by atoms with E-state index in [0.29, 0.717) is 23.0 Å². The van der Waals surface area contributed by atoms with Crippen molar-refractivity contribution in [2.45, 2.75) is 25.8 Å². The van der Waals surface area contributed by atoms with Crippen LogP contribution in [0.25, 0.3) is 16.7 Å². The molecule has 0 atom stereocenters. The number of para-hydroxylation sites is 1. The van der Waals surface area contributed by atoms with Crippen molar-refractivity contribution in [2.75, 3.05) is 25.0 Å².